The zero-order valence-corrected chi connectivity index (χ0v) is 13.7. The van der Waals surface area contributed by atoms with Gasteiger partial charge in [-0.15, -0.1) is 0 Å². The average Bonchev–Trinajstić information content (AvgIpc) is 3.07. The Hall–Kier alpha value is -2.47. The number of amides is 1. The molecule has 0 aromatic heterocycles. The van der Waals surface area contributed by atoms with E-state index in [9.17, 15) is 13.6 Å². The molecule has 1 unspecified atom stereocenters. The Labute approximate surface area is 145 Å². The van der Waals surface area contributed by atoms with Gasteiger partial charge in [-0.05, 0) is 49.2 Å². The lowest BCUT2D eigenvalue weighted by Crippen LogP contribution is -2.27. The van der Waals surface area contributed by atoms with Gasteiger partial charge in [0.2, 0.25) is 5.91 Å². The summed E-state index contributed by atoms with van der Waals surface area (Å²) in [5.41, 5.74) is 0.999. The van der Waals surface area contributed by atoms with Gasteiger partial charge in [-0.25, -0.2) is 8.78 Å². The molecule has 0 spiro atoms. The van der Waals surface area contributed by atoms with Crippen molar-refractivity contribution < 1.29 is 18.3 Å². The van der Waals surface area contributed by atoms with E-state index in [1.54, 1.807) is 18.2 Å². The Morgan fingerprint density at radius 1 is 1.24 bits per heavy atom. The zero-order chi connectivity index (χ0) is 17.6. The van der Waals surface area contributed by atoms with Crippen molar-refractivity contribution in [2.45, 2.75) is 31.9 Å². The number of carbonyl (C=O) groups excluding carboxylic acids is 1. The number of halogens is 2. The second-order valence-corrected chi connectivity index (χ2v) is 6.11. The predicted octanol–water partition coefficient (Wildman–Crippen LogP) is 3.62. The summed E-state index contributed by atoms with van der Waals surface area (Å²) in [7, 11) is 0. The lowest BCUT2D eigenvalue weighted by molar-refractivity contribution is -0.116. The second kappa shape index (κ2) is 8.07. The van der Waals surface area contributed by atoms with E-state index >= 15 is 0 Å². The van der Waals surface area contributed by atoms with Crippen molar-refractivity contribution in [3.05, 3.63) is 59.7 Å². The molecule has 6 heteroatoms. The number of carbonyl (C=O) groups is 1. The van der Waals surface area contributed by atoms with Crippen LogP contribution in [0.1, 0.15) is 24.8 Å². The SMILES string of the molecule is O=C(CC1CCCN1)Nc1ccc(OCc2cccc(F)c2)c(F)c1. The maximum atomic E-state index is 14.1. The number of ether oxygens (including phenoxy) is 1. The van der Waals surface area contributed by atoms with Crippen LogP contribution in [0, 0.1) is 11.6 Å². The molecule has 3 rings (SSSR count). The molecule has 0 bridgehead atoms. The molecule has 1 aliphatic heterocycles. The second-order valence-electron chi connectivity index (χ2n) is 6.11. The van der Waals surface area contributed by atoms with Gasteiger partial charge >= 0.3 is 0 Å². The van der Waals surface area contributed by atoms with Crippen molar-refractivity contribution in [3.63, 3.8) is 0 Å². The lowest BCUT2D eigenvalue weighted by Gasteiger charge is -2.12. The number of nitrogens with one attached hydrogen (secondary N) is 2. The molecule has 25 heavy (non-hydrogen) atoms. The van der Waals surface area contributed by atoms with Crippen LogP contribution in [-0.2, 0) is 11.4 Å². The molecule has 2 aromatic rings. The third-order valence-electron chi connectivity index (χ3n) is 4.09. The number of hydrogen-bond acceptors (Lipinski definition) is 3. The first-order valence-corrected chi connectivity index (χ1v) is 8.30. The minimum atomic E-state index is -0.576. The minimum absolute atomic E-state index is 0.0553. The maximum absolute atomic E-state index is 14.1. The fraction of sp³-hybridized carbons (Fsp3) is 0.316. The Morgan fingerprint density at radius 3 is 2.84 bits per heavy atom. The molecular weight excluding hydrogens is 326 g/mol. The van der Waals surface area contributed by atoms with Gasteiger partial charge in [0.15, 0.2) is 11.6 Å². The van der Waals surface area contributed by atoms with Crippen molar-refractivity contribution in [3.8, 4) is 5.75 Å². The summed E-state index contributed by atoms with van der Waals surface area (Å²) >= 11 is 0. The van der Waals surface area contributed by atoms with Gasteiger partial charge in [0.25, 0.3) is 0 Å². The topological polar surface area (TPSA) is 50.4 Å². The lowest BCUT2D eigenvalue weighted by atomic mass is 10.1. The van der Waals surface area contributed by atoms with Gasteiger partial charge in [0.1, 0.15) is 12.4 Å². The molecule has 4 nitrogen and oxygen atoms in total. The molecule has 2 N–H and O–H groups in total. The van der Waals surface area contributed by atoms with Crippen molar-refractivity contribution in [2.24, 2.45) is 0 Å². The van der Waals surface area contributed by atoms with Crippen LogP contribution < -0.4 is 15.4 Å². The Balaban J connectivity index is 1.55. The zero-order valence-electron chi connectivity index (χ0n) is 13.7. The molecule has 1 fully saturated rings. The highest BCUT2D eigenvalue weighted by atomic mass is 19.1. The normalized spacial score (nSPS) is 16.6. The number of benzene rings is 2. The van der Waals surface area contributed by atoms with E-state index in [1.807, 2.05) is 0 Å². The predicted molar refractivity (Wildman–Crippen MR) is 91.4 cm³/mol. The number of rotatable bonds is 6. The summed E-state index contributed by atoms with van der Waals surface area (Å²) in [6.45, 7) is 0.998. The van der Waals surface area contributed by atoms with Crippen LogP contribution in [0.25, 0.3) is 0 Å². The Morgan fingerprint density at radius 2 is 2.12 bits per heavy atom. The fourth-order valence-corrected chi connectivity index (χ4v) is 2.85. The molecule has 1 saturated heterocycles. The van der Waals surface area contributed by atoms with Crippen LogP contribution in [0.2, 0.25) is 0 Å². The van der Waals surface area contributed by atoms with Gasteiger partial charge in [-0.1, -0.05) is 12.1 Å². The van der Waals surface area contributed by atoms with Gasteiger partial charge in [0, 0.05) is 24.2 Å². The molecule has 132 valence electrons. The first-order valence-electron chi connectivity index (χ1n) is 8.30. The fourth-order valence-electron chi connectivity index (χ4n) is 2.85. The van der Waals surface area contributed by atoms with Crippen LogP contribution in [0.3, 0.4) is 0 Å². The molecule has 1 amide bonds. The van der Waals surface area contributed by atoms with E-state index in [4.69, 9.17) is 4.74 Å². The Bertz CT molecular complexity index is 746. The number of hydrogen-bond donors (Lipinski definition) is 2. The third kappa shape index (κ3) is 5.00. The van der Waals surface area contributed by atoms with Gasteiger partial charge in [0.05, 0.1) is 0 Å². The average molecular weight is 346 g/mol. The van der Waals surface area contributed by atoms with Crippen molar-refractivity contribution in [1.82, 2.24) is 5.32 Å². The van der Waals surface area contributed by atoms with Crippen molar-refractivity contribution >= 4 is 11.6 Å². The van der Waals surface area contributed by atoms with E-state index in [0.29, 0.717) is 17.7 Å². The first kappa shape index (κ1) is 17.4. The highest BCUT2D eigenvalue weighted by molar-refractivity contribution is 5.91. The monoisotopic (exact) mass is 346 g/mol. The van der Waals surface area contributed by atoms with Crippen molar-refractivity contribution in [2.75, 3.05) is 11.9 Å². The third-order valence-corrected chi connectivity index (χ3v) is 4.09. The van der Waals surface area contributed by atoms with E-state index in [1.165, 1.54) is 24.3 Å². The molecule has 0 radical (unpaired) electrons. The van der Waals surface area contributed by atoms with Crippen LogP contribution >= 0.6 is 0 Å². The number of anilines is 1. The molecule has 0 aliphatic carbocycles. The van der Waals surface area contributed by atoms with E-state index < -0.39 is 5.82 Å². The Kier molecular flexibility index (Phi) is 5.60. The van der Waals surface area contributed by atoms with E-state index in [-0.39, 0.29) is 30.1 Å². The molecule has 1 aliphatic rings. The van der Waals surface area contributed by atoms with E-state index in [2.05, 4.69) is 10.6 Å². The highest BCUT2D eigenvalue weighted by Gasteiger charge is 2.18. The van der Waals surface area contributed by atoms with Crippen LogP contribution in [0.15, 0.2) is 42.5 Å². The molecule has 2 aromatic carbocycles. The van der Waals surface area contributed by atoms with Crippen LogP contribution in [-0.4, -0.2) is 18.5 Å². The molecule has 1 heterocycles. The van der Waals surface area contributed by atoms with Crippen LogP contribution in [0.4, 0.5) is 14.5 Å². The summed E-state index contributed by atoms with van der Waals surface area (Å²) in [6, 6.07) is 10.4. The molecular formula is C19H20F2N2O2. The largest absolute Gasteiger partial charge is 0.486 e. The summed E-state index contributed by atoms with van der Waals surface area (Å²) in [4.78, 5) is 12.0. The summed E-state index contributed by atoms with van der Waals surface area (Å²) in [6.07, 6.45) is 2.43. The highest BCUT2D eigenvalue weighted by Crippen LogP contribution is 2.23. The van der Waals surface area contributed by atoms with Gasteiger partial charge < -0.3 is 15.4 Å². The molecule has 0 saturated carbocycles. The first-order chi connectivity index (χ1) is 12.1. The van der Waals surface area contributed by atoms with Crippen molar-refractivity contribution in [1.29, 1.82) is 0 Å². The summed E-state index contributed by atoms with van der Waals surface area (Å²) in [5, 5.41) is 5.94. The standard InChI is InChI=1S/C19H20F2N2O2/c20-14-4-1-3-13(9-14)12-25-18-7-6-16(10-17(18)21)23-19(24)11-15-5-2-8-22-15/h1,3-4,6-7,9-10,15,22H,2,5,8,11-12H2,(H,23,24). The van der Waals surface area contributed by atoms with Crippen LogP contribution in [0.5, 0.6) is 5.75 Å². The quantitative estimate of drug-likeness (QED) is 0.840. The summed E-state index contributed by atoms with van der Waals surface area (Å²) in [5.74, 6) is -1.03. The smallest absolute Gasteiger partial charge is 0.225 e. The van der Waals surface area contributed by atoms with Gasteiger partial charge in [-0.3, -0.25) is 4.79 Å². The molecule has 1 atom stereocenters. The minimum Gasteiger partial charge on any atom is -0.486 e. The maximum Gasteiger partial charge on any atom is 0.225 e. The van der Waals surface area contributed by atoms with E-state index in [0.717, 1.165) is 19.4 Å². The van der Waals surface area contributed by atoms with Gasteiger partial charge in [-0.2, -0.15) is 0 Å². The summed E-state index contributed by atoms with van der Waals surface area (Å²) < 4.78 is 32.6.